The van der Waals surface area contributed by atoms with Gasteiger partial charge in [0.05, 0.1) is 30.4 Å². The summed E-state index contributed by atoms with van der Waals surface area (Å²) in [6.45, 7) is 1.76. The van der Waals surface area contributed by atoms with E-state index in [1.165, 1.54) is 0 Å². The summed E-state index contributed by atoms with van der Waals surface area (Å²) in [7, 11) is 1.54. The molecule has 1 aliphatic rings. The smallest absolute Gasteiger partial charge is 0.257 e. The largest absolute Gasteiger partial charge is 0.497 e. The van der Waals surface area contributed by atoms with Crippen LogP contribution in [0.2, 0.25) is 0 Å². The molecule has 144 valence electrons. The van der Waals surface area contributed by atoms with E-state index in [1.54, 1.807) is 50.8 Å². The molecular formula is C20H21N5O3. The number of hydrogen-bond acceptors (Lipinski definition) is 5. The number of fused-ring (bicyclic) bond motifs is 1. The monoisotopic (exact) mass is 379 g/mol. The Morgan fingerprint density at radius 2 is 2.00 bits per heavy atom. The average Bonchev–Trinajstić information content (AvgIpc) is 3.47. The number of anilines is 2. The normalized spacial score (nSPS) is 13.4. The van der Waals surface area contributed by atoms with Gasteiger partial charge in [-0.3, -0.25) is 9.59 Å². The standard InChI is InChI=1S/C20H21N5O3/c1-3-18(26)23-15-7-6-14(28-2)9-16(15)24-20(27)12-8-17-19(21-10-12)25(11-22-17)13-4-5-13/h6-11,13H,3-5H2,1-2H3,(H,23,26)(H,24,27). The first-order valence-electron chi connectivity index (χ1n) is 9.21. The van der Waals surface area contributed by atoms with Crippen LogP contribution in [0, 0.1) is 0 Å². The molecule has 2 N–H and O–H groups in total. The van der Waals surface area contributed by atoms with E-state index in [4.69, 9.17) is 4.74 Å². The first-order chi connectivity index (χ1) is 13.6. The van der Waals surface area contributed by atoms with Gasteiger partial charge in [0.1, 0.15) is 11.3 Å². The van der Waals surface area contributed by atoms with Crippen LogP contribution < -0.4 is 15.4 Å². The van der Waals surface area contributed by atoms with Gasteiger partial charge in [0.25, 0.3) is 5.91 Å². The summed E-state index contributed by atoms with van der Waals surface area (Å²) in [5.74, 6) is 0.0894. The maximum Gasteiger partial charge on any atom is 0.257 e. The molecule has 8 heteroatoms. The molecule has 0 radical (unpaired) electrons. The number of carbonyl (C=O) groups excluding carboxylic acids is 2. The summed E-state index contributed by atoms with van der Waals surface area (Å²) in [5.41, 5.74) is 2.83. The maximum atomic E-state index is 12.8. The van der Waals surface area contributed by atoms with E-state index in [-0.39, 0.29) is 11.8 Å². The predicted molar refractivity (Wildman–Crippen MR) is 106 cm³/mol. The zero-order valence-corrected chi connectivity index (χ0v) is 15.7. The number of imidazole rings is 1. The number of nitrogens with one attached hydrogen (secondary N) is 2. The minimum atomic E-state index is -0.337. The van der Waals surface area contributed by atoms with Gasteiger partial charge in [-0.2, -0.15) is 0 Å². The lowest BCUT2D eigenvalue weighted by Crippen LogP contribution is -2.16. The lowest BCUT2D eigenvalue weighted by atomic mass is 10.2. The molecule has 0 bridgehead atoms. The van der Waals surface area contributed by atoms with Crippen LogP contribution in [0.1, 0.15) is 42.6 Å². The number of methoxy groups -OCH3 is 1. The van der Waals surface area contributed by atoms with Gasteiger partial charge in [0, 0.05) is 24.7 Å². The SMILES string of the molecule is CCC(=O)Nc1ccc(OC)cc1NC(=O)c1cnc2c(c1)ncn2C1CC1. The van der Waals surface area contributed by atoms with Gasteiger partial charge < -0.3 is 19.9 Å². The van der Waals surface area contributed by atoms with Crippen molar-refractivity contribution in [2.24, 2.45) is 0 Å². The lowest BCUT2D eigenvalue weighted by Gasteiger charge is -2.13. The molecule has 1 aliphatic carbocycles. The van der Waals surface area contributed by atoms with Gasteiger partial charge in [0.15, 0.2) is 5.65 Å². The van der Waals surface area contributed by atoms with Gasteiger partial charge in [-0.1, -0.05) is 6.92 Å². The van der Waals surface area contributed by atoms with Crippen molar-refractivity contribution in [1.82, 2.24) is 14.5 Å². The van der Waals surface area contributed by atoms with Gasteiger partial charge in [-0.15, -0.1) is 0 Å². The quantitative estimate of drug-likeness (QED) is 0.684. The van der Waals surface area contributed by atoms with Crippen LogP contribution in [0.3, 0.4) is 0 Å². The highest BCUT2D eigenvalue weighted by atomic mass is 16.5. The minimum absolute atomic E-state index is 0.144. The number of nitrogens with zero attached hydrogens (tertiary/aromatic N) is 3. The number of aromatic nitrogens is 3. The fourth-order valence-corrected chi connectivity index (χ4v) is 2.96. The van der Waals surface area contributed by atoms with Crippen LogP contribution in [-0.2, 0) is 4.79 Å². The molecule has 1 fully saturated rings. The van der Waals surface area contributed by atoms with E-state index in [2.05, 4.69) is 25.2 Å². The summed E-state index contributed by atoms with van der Waals surface area (Å²) < 4.78 is 7.28. The Kier molecular flexibility index (Phi) is 4.68. The Bertz CT molecular complexity index is 1060. The van der Waals surface area contributed by atoms with E-state index in [9.17, 15) is 9.59 Å². The van der Waals surface area contributed by atoms with Gasteiger partial charge in [-0.05, 0) is 31.0 Å². The van der Waals surface area contributed by atoms with Crippen LogP contribution in [0.4, 0.5) is 11.4 Å². The molecule has 0 unspecified atom stereocenters. The fourth-order valence-electron chi connectivity index (χ4n) is 2.96. The zero-order chi connectivity index (χ0) is 19.7. The van der Waals surface area contributed by atoms with Crippen LogP contribution in [-0.4, -0.2) is 33.5 Å². The van der Waals surface area contributed by atoms with Crippen molar-refractivity contribution in [1.29, 1.82) is 0 Å². The predicted octanol–water partition coefficient (Wildman–Crippen LogP) is 3.38. The molecule has 1 aromatic carbocycles. The third kappa shape index (κ3) is 3.53. The second-order valence-electron chi connectivity index (χ2n) is 6.72. The molecule has 2 aromatic heterocycles. The Morgan fingerprint density at radius 1 is 1.18 bits per heavy atom. The van der Waals surface area contributed by atoms with Crippen molar-refractivity contribution in [3.8, 4) is 5.75 Å². The summed E-state index contributed by atoms with van der Waals surface area (Å²) in [6, 6.07) is 7.27. The number of amides is 2. The summed E-state index contributed by atoms with van der Waals surface area (Å²) in [4.78, 5) is 33.4. The number of carbonyl (C=O) groups is 2. The molecule has 0 aliphatic heterocycles. The second-order valence-corrected chi connectivity index (χ2v) is 6.72. The number of rotatable bonds is 6. The van der Waals surface area contributed by atoms with Gasteiger partial charge in [0.2, 0.25) is 5.91 Å². The van der Waals surface area contributed by atoms with E-state index in [1.807, 2.05) is 0 Å². The number of pyridine rings is 1. The van der Waals surface area contributed by atoms with Gasteiger partial charge in [-0.25, -0.2) is 9.97 Å². The average molecular weight is 379 g/mol. The topological polar surface area (TPSA) is 98.1 Å². The van der Waals surface area contributed by atoms with Crippen LogP contribution in [0.25, 0.3) is 11.2 Å². The maximum absolute atomic E-state index is 12.8. The van der Waals surface area contributed by atoms with Crippen LogP contribution in [0.5, 0.6) is 5.75 Å². The van der Waals surface area contributed by atoms with Crippen molar-refractivity contribution in [3.63, 3.8) is 0 Å². The van der Waals surface area contributed by atoms with E-state index in [0.717, 1.165) is 18.5 Å². The fraction of sp³-hybridized carbons (Fsp3) is 0.300. The van der Waals surface area contributed by atoms with Crippen molar-refractivity contribution < 1.29 is 14.3 Å². The van der Waals surface area contributed by atoms with Crippen LogP contribution in [0.15, 0.2) is 36.8 Å². The Labute approximate surface area is 161 Å². The van der Waals surface area contributed by atoms with Gasteiger partial charge >= 0.3 is 0 Å². The van der Waals surface area contributed by atoms with E-state index >= 15 is 0 Å². The van der Waals surface area contributed by atoms with Crippen molar-refractivity contribution in [2.45, 2.75) is 32.2 Å². The van der Waals surface area contributed by atoms with Crippen LogP contribution >= 0.6 is 0 Å². The lowest BCUT2D eigenvalue weighted by molar-refractivity contribution is -0.115. The molecule has 2 amide bonds. The number of benzene rings is 1. The second kappa shape index (κ2) is 7.30. The van der Waals surface area contributed by atoms with Crippen molar-refractivity contribution in [2.75, 3.05) is 17.7 Å². The molecule has 8 nitrogen and oxygen atoms in total. The highest BCUT2D eigenvalue weighted by molar-refractivity contribution is 6.08. The third-order valence-corrected chi connectivity index (χ3v) is 4.69. The number of hydrogen-bond donors (Lipinski definition) is 2. The molecular weight excluding hydrogens is 358 g/mol. The summed E-state index contributed by atoms with van der Waals surface area (Å²) >= 11 is 0. The Morgan fingerprint density at radius 3 is 2.71 bits per heavy atom. The Balaban J connectivity index is 1.60. The first kappa shape index (κ1) is 18.0. The Hall–Kier alpha value is -3.42. The number of ether oxygens (including phenoxy) is 1. The molecule has 3 aromatic rings. The van der Waals surface area contributed by atoms with Crippen molar-refractivity contribution in [3.05, 3.63) is 42.4 Å². The molecule has 1 saturated carbocycles. The highest BCUT2D eigenvalue weighted by Crippen LogP contribution is 2.36. The molecule has 2 heterocycles. The zero-order valence-electron chi connectivity index (χ0n) is 15.7. The summed E-state index contributed by atoms with van der Waals surface area (Å²) in [6.07, 6.45) is 5.93. The van der Waals surface area contributed by atoms with E-state index in [0.29, 0.717) is 40.7 Å². The highest BCUT2D eigenvalue weighted by Gasteiger charge is 2.25. The van der Waals surface area contributed by atoms with Crippen molar-refractivity contribution >= 4 is 34.4 Å². The third-order valence-electron chi connectivity index (χ3n) is 4.69. The van der Waals surface area contributed by atoms with E-state index < -0.39 is 0 Å². The molecule has 28 heavy (non-hydrogen) atoms. The molecule has 4 rings (SSSR count). The minimum Gasteiger partial charge on any atom is -0.497 e. The first-order valence-corrected chi connectivity index (χ1v) is 9.21. The molecule has 0 spiro atoms. The molecule has 0 saturated heterocycles. The summed E-state index contributed by atoms with van der Waals surface area (Å²) in [5, 5.41) is 5.61. The molecule has 0 atom stereocenters.